The maximum absolute atomic E-state index is 12.3. The van der Waals surface area contributed by atoms with Gasteiger partial charge in [-0.1, -0.05) is 12.1 Å². The maximum atomic E-state index is 12.3. The van der Waals surface area contributed by atoms with E-state index in [9.17, 15) is 4.21 Å². The molecule has 1 fully saturated rings. The third kappa shape index (κ3) is 2.70. The second kappa shape index (κ2) is 5.08. The Labute approximate surface area is 99.6 Å². The van der Waals surface area contributed by atoms with Crippen LogP contribution in [0, 0.1) is 6.92 Å². The number of aryl methyl sites for hydroxylation is 1. The van der Waals surface area contributed by atoms with Crippen molar-refractivity contribution in [1.82, 2.24) is 9.21 Å². The number of piperazine rings is 1. The topological polar surface area (TPSA) is 23.6 Å². The average molecular weight is 238 g/mol. The van der Waals surface area contributed by atoms with E-state index in [1.54, 1.807) is 0 Å². The Hall–Kier alpha value is -0.710. The molecule has 0 amide bonds. The van der Waals surface area contributed by atoms with Crippen molar-refractivity contribution in [2.24, 2.45) is 0 Å². The van der Waals surface area contributed by atoms with E-state index < -0.39 is 11.0 Å². The van der Waals surface area contributed by atoms with E-state index in [1.165, 1.54) is 5.56 Å². The number of benzene rings is 1. The molecular formula is C12H18N2OS. The zero-order valence-corrected chi connectivity index (χ0v) is 10.7. The van der Waals surface area contributed by atoms with Crippen LogP contribution in [0.2, 0.25) is 0 Å². The van der Waals surface area contributed by atoms with Crippen LogP contribution in [0.25, 0.3) is 0 Å². The standard InChI is InChI=1S/C12H18N2OS/c1-11-4-3-5-12(10-11)16(15)14-8-6-13(2)7-9-14/h3-5,10H,6-9H2,1-2H3. The molecule has 1 aromatic rings. The Morgan fingerprint density at radius 3 is 2.50 bits per heavy atom. The van der Waals surface area contributed by atoms with Gasteiger partial charge in [-0.3, -0.25) is 0 Å². The van der Waals surface area contributed by atoms with Gasteiger partial charge in [0.2, 0.25) is 0 Å². The van der Waals surface area contributed by atoms with Crippen LogP contribution in [0.4, 0.5) is 0 Å². The van der Waals surface area contributed by atoms with Crippen molar-refractivity contribution in [2.75, 3.05) is 33.2 Å². The normalized spacial score (nSPS) is 20.9. The van der Waals surface area contributed by atoms with Crippen molar-refractivity contribution < 1.29 is 4.21 Å². The Morgan fingerprint density at radius 2 is 1.88 bits per heavy atom. The Balaban J connectivity index is 2.08. The van der Waals surface area contributed by atoms with Gasteiger partial charge < -0.3 is 4.90 Å². The zero-order valence-electron chi connectivity index (χ0n) is 9.85. The van der Waals surface area contributed by atoms with Crippen LogP contribution in [-0.4, -0.2) is 46.6 Å². The predicted octanol–water partition coefficient (Wildman–Crippen LogP) is 1.27. The van der Waals surface area contributed by atoms with E-state index in [0.29, 0.717) is 0 Å². The minimum absolute atomic E-state index is 0.886. The highest BCUT2D eigenvalue weighted by molar-refractivity contribution is 7.82. The molecule has 1 aliphatic heterocycles. The van der Waals surface area contributed by atoms with Crippen LogP contribution in [-0.2, 0) is 11.0 Å². The second-order valence-corrected chi connectivity index (χ2v) is 5.78. The summed E-state index contributed by atoms with van der Waals surface area (Å²) in [6.45, 7) is 5.80. The van der Waals surface area contributed by atoms with Crippen LogP contribution in [0.15, 0.2) is 29.2 Å². The fourth-order valence-corrected chi connectivity index (χ4v) is 3.10. The number of hydrogen-bond donors (Lipinski definition) is 0. The molecule has 0 spiro atoms. The van der Waals surface area contributed by atoms with Gasteiger partial charge in [0, 0.05) is 26.2 Å². The first-order valence-electron chi connectivity index (χ1n) is 5.59. The summed E-state index contributed by atoms with van der Waals surface area (Å²) in [5.41, 5.74) is 1.17. The van der Waals surface area contributed by atoms with Crippen LogP contribution in [0.3, 0.4) is 0 Å². The summed E-state index contributed by atoms with van der Waals surface area (Å²) in [7, 11) is 1.12. The summed E-state index contributed by atoms with van der Waals surface area (Å²) < 4.78 is 14.3. The van der Waals surface area contributed by atoms with Crippen molar-refractivity contribution >= 4 is 11.0 Å². The van der Waals surface area contributed by atoms with Gasteiger partial charge in [-0.2, -0.15) is 0 Å². The molecule has 2 rings (SSSR count). The van der Waals surface area contributed by atoms with Crippen molar-refractivity contribution in [3.63, 3.8) is 0 Å². The first-order valence-corrected chi connectivity index (χ1v) is 6.69. The number of likely N-dealkylation sites (N-methyl/N-ethyl adjacent to an activating group) is 1. The maximum Gasteiger partial charge on any atom is 0.127 e. The fraction of sp³-hybridized carbons (Fsp3) is 0.500. The molecule has 1 atom stereocenters. The van der Waals surface area contributed by atoms with Crippen molar-refractivity contribution in [1.29, 1.82) is 0 Å². The SMILES string of the molecule is Cc1cccc(S(=O)N2CCN(C)CC2)c1. The molecule has 0 bridgehead atoms. The minimum Gasteiger partial charge on any atom is -0.304 e. The van der Waals surface area contributed by atoms with Crippen LogP contribution in [0.1, 0.15) is 5.56 Å². The lowest BCUT2D eigenvalue weighted by atomic mass is 10.2. The Bertz CT molecular complexity index is 386. The molecule has 0 aliphatic carbocycles. The van der Waals surface area contributed by atoms with Gasteiger partial charge in [-0.15, -0.1) is 0 Å². The number of nitrogens with zero attached hydrogens (tertiary/aromatic N) is 2. The van der Waals surface area contributed by atoms with Crippen molar-refractivity contribution in [3.05, 3.63) is 29.8 Å². The molecule has 0 N–H and O–H groups in total. The monoisotopic (exact) mass is 238 g/mol. The van der Waals surface area contributed by atoms with E-state index in [-0.39, 0.29) is 0 Å². The highest BCUT2D eigenvalue weighted by Gasteiger charge is 2.19. The molecular weight excluding hydrogens is 220 g/mol. The molecule has 4 heteroatoms. The molecule has 1 aliphatic rings. The molecule has 1 saturated heterocycles. The molecule has 1 aromatic carbocycles. The smallest absolute Gasteiger partial charge is 0.127 e. The molecule has 1 unspecified atom stereocenters. The molecule has 0 radical (unpaired) electrons. The lowest BCUT2D eigenvalue weighted by Gasteiger charge is -2.31. The quantitative estimate of drug-likeness (QED) is 0.774. The molecule has 3 nitrogen and oxygen atoms in total. The van der Waals surface area contributed by atoms with Crippen LogP contribution >= 0.6 is 0 Å². The van der Waals surface area contributed by atoms with E-state index in [1.807, 2.05) is 31.2 Å². The van der Waals surface area contributed by atoms with E-state index in [2.05, 4.69) is 16.3 Å². The van der Waals surface area contributed by atoms with Gasteiger partial charge in [-0.05, 0) is 31.7 Å². The molecule has 0 saturated carbocycles. The summed E-state index contributed by atoms with van der Waals surface area (Å²) in [6.07, 6.45) is 0. The van der Waals surface area contributed by atoms with Gasteiger partial charge in [0.05, 0.1) is 4.90 Å². The lowest BCUT2D eigenvalue weighted by Crippen LogP contribution is -2.45. The number of hydrogen-bond acceptors (Lipinski definition) is 2. The third-order valence-electron chi connectivity index (χ3n) is 2.89. The first kappa shape index (κ1) is 11.8. The minimum atomic E-state index is -0.988. The average Bonchev–Trinajstić information content (AvgIpc) is 2.29. The van der Waals surface area contributed by atoms with Gasteiger partial charge in [0.15, 0.2) is 0 Å². The fourth-order valence-electron chi connectivity index (χ4n) is 1.83. The number of rotatable bonds is 2. The summed E-state index contributed by atoms with van der Waals surface area (Å²) in [6, 6.07) is 7.96. The first-order chi connectivity index (χ1) is 7.66. The molecule has 16 heavy (non-hydrogen) atoms. The molecule has 1 heterocycles. The highest BCUT2D eigenvalue weighted by Crippen LogP contribution is 2.14. The third-order valence-corrected chi connectivity index (χ3v) is 4.38. The largest absolute Gasteiger partial charge is 0.304 e. The van der Waals surface area contributed by atoms with Crippen LogP contribution in [0.5, 0.6) is 0 Å². The Morgan fingerprint density at radius 1 is 1.19 bits per heavy atom. The van der Waals surface area contributed by atoms with Crippen molar-refractivity contribution in [3.8, 4) is 0 Å². The van der Waals surface area contributed by atoms with E-state index in [4.69, 9.17) is 0 Å². The lowest BCUT2D eigenvalue weighted by molar-refractivity contribution is 0.228. The van der Waals surface area contributed by atoms with Crippen LogP contribution < -0.4 is 0 Å². The van der Waals surface area contributed by atoms with E-state index >= 15 is 0 Å². The molecule has 88 valence electrons. The highest BCUT2D eigenvalue weighted by atomic mass is 32.2. The molecule has 0 aromatic heterocycles. The second-order valence-electron chi connectivity index (χ2n) is 4.30. The predicted molar refractivity (Wildman–Crippen MR) is 66.7 cm³/mol. The van der Waals surface area contributed by atoms with Gasteiger partial charge in [0.25, 0.3) is 0 Å². The summed E-state index contributed by atoms with van der Waals surface area (Å²) in [5, 5.41) is 0. The van der Waals surface area contributed by atoms with Gasteiger partial charge in [-0.25, -0.2) is 8.51 Å². The van der Waals surface area contributed by atoms with Gasteiger partial charge in [0.1, 0.15) is 11.0 Å². The summed E-state index contributed by atoms with van der Waals surface area (Å²) >= 11 is 0. The van der Waals surface area contributed by atoms with E-state index in [0.717, 1.165) is 31.1 Å². The zero-order chi connectivity index (χ0) is 11.5. The van der Waals surface area contributed by atoms with Gasteiger partial charge >= 0.3 is 0 Å². The summed E-state index contributed by atoms with van der Waals surface area (Å²) in [4.78, 5) is 3.19. The summed E-state index contributed by atoms with van der Waals surface area (Å²) in [5.74, 6) is 0. The van der Waals surface area contributed by atoms with Crippen molar-refractivity contribution in [2.45, 2.75) is 11.8 Å². The Kier molecular flexibility index (Phi) is 3.74.